The number of ether oxygens (including phenoxy) is 1. The van der Waals surface area contributed by atoms with Crippen molar-refractivity contribution in [2.45, 2.75) is 0 Å². The lowest BCUT2D eigenvalue weighted by molar-refractivity contribution is 0.102. The Morgan fingerprint density at radius 3 is 2.56 bits per heavy atom. The molecule has 0 aromatic heterocycles. The average Bonchev–Trinajstić information content (AvgIpc) is 2.40. The zero-order valence-corrected chi connectivity index (χ0v) is 9.81. The van der Waals surface area contributed by atoms with Crippen molar-refractivity contribution >= 4 is 11.6 Å². The van der Waals surface area contributed by atoms with Gasteiger partial charge in [0.1, 0.15) is 11.6 Å². The Bertz CT molecular complexity index is 555. The molecular formula is C14H12FNO2. The van der Waals surface area contributed by atoms with Crippen molar-refractivity contribution in [1.82, 2.24) is 0 Å². The van der Waals surface area contributed by atoms with Gasteiger partial charge in [-0.25, -0.2) is 4.39 Å². The predicted molar refractivity (Wildman–Crippen MR) is 67.3 cm³/mol. The Kier molecular flexibility index (Phi) is 3.57. The van der Waals surface area contributed by atoms with Crippen molar-refractivity contribution in [3.05, 3.63) is 59.9 Å². The summed E-state index contributed by atoms with van der Waals surface area (Å²) >= 11 is 0. The van der Waals surface area contributed by atoms with Gasteiger partial charge < -0.3 is 10.1 Å². The van der Waals surface area contributed by atoms with Gasteiger partial charge >= 0.3 is 0 Å². The fourth-order valence-corrected chi connectivity index (χ4v) is 1.56. The topological polar surface area (TPSA) is 38.3 Å². The molecule has 0 atom stereocenters. The smallest absolute Gasteiger partial charge is 0.255 e. The summed E-state index contributed by atoms with van der Waals surface area (Å²) in [6, 6.07) is 12.7. The minimum atomic E-state index is -0.431. The third-order valence-electron chi connectivity index (χ3n) is 2.45. The van der Waals surface area contributed by atoms with Crippen LogP contribution in [-0.4, -0.2) is 13.0 Å². The Hall–Kier alpha value is -2.36. The SMILES string of the molecule is COc1ccc(F)cc1NC(=O)c1ccccc1. The molecular weight excluding hydrogens is 233 g/mol. The molecule has 0 aliphatic carbocycles. The van der Waals surface area contributed by atoms with Gasteiger partial charge in [-0.3, -0.25) is 4.79 Å². The van der Waals surface area contributed by atoms with Crippen molar-refractivity contribution in [3.63, 3.8) is 0 Å². The van der Waals surface area contributed by atoms with Crippen molar-refractivity contribution < 1.29 is 13.9 Å². The van der Waals surface area contributed by atoms with E-state index in [1.165, 1.54) is 25.3 Å². The third kappa shape index (κ3) is 2.66. The number of carbonyl (C=O) groups excluding carboxylic acids is 1. The van der Waals surface area contributed by atoms with E-state index in [0.717, 1.165) is 0 Å². The van der Waals surface area contributed by atoms with E-state index in [9.17, 15) is 9.18 Å². The molecule has 1 N–H and O–H groups in total. The number of hydrogen-bond acceptors (Lipinski definition) is 2. The zero-order chi connectivity index (χ0) is 13.0. The van der Waals surface area contributed by atoms with Crippen molar-refractivity contribution in [1.29, 1.82) is 0 Å². The summed E-state index contributed by atoms with van der Waals surface area (Å²) in [6.07, 6.45) is 0. The molecule has 1 amide bonds. The molecule has 0 fully saturated rings. The zero-order valence-electron chi connectivity index (χ0n) is 9.81. The lowest BCUT2D eigenvalue weighted by atomic mass is 10.2. The fraction of sp³-hybridized carbons (Fsp3) is 0.0714. The molecule has 0 spiro atoms. The minimum absolute atomic E-state index is 0.306. The number of hydrogen-bond donors (Lipinski definition) is 1. The Labute approximate surface area is 104 Å². The van der Waals surface area contributed by atoms with Gasteiger partial charge in [-0.15, -0.1) is 0 Å². The fourth-order valence-electron chi connectivity index (χ4n) is 1.56. The van der Waals surface area contributed by atoms with Gasteiger partial charge in [-0.2, -0.15) is 0 Å². The molecule has 2 aromatic carbocycles. The van der Waals surface area contributed by atoms with Gasteiger partial charge in [0.05, 0.1) is 12.8 Å². The van der Waals surface area contributed by atoms with Gasteiger partial charge in [0.2, 0.25) is 0 Å². The number of methoxy groups -OCH3 is 1. The number of benzene rings is 2. The first kappa shape index (κ1) is 12.1. The molecule has 0 unspecified atom stereocenters. The highest BCUT2D eigenvalue weighted by atomic mass is 19.1. The van der Waals surface area contributed by atoms with E-state index in [4.69, 9.17) is 4.74 Å². The molecule has 0 aliphatic rings. The maximum atomic E-state index is 13.1. The molecule has 0 saturated heterocycles. The largest absolute Gasteiger partial charge is 0.495 e. The number of carbonyl (C=O) groups is 1. The second kappa shape index (κ2) is 5.31. The summed E-state index contributed by atoms with van der Waals surface area (Å²) in [6.45, 7) is 0. The van der Waals surface area contributed by atoms with Gasteiger partial charge in [0.15, 0.2) is 0 Å². The first-order valence-corrected chi connectivity index (χ1v) is 5.40. The van der Waals surface area contributed by atoms with Crippen LogP contribution in [0.5, 0.6) is 5.75 Å². The van der Waals surface area contributed by atoms with E-state index in [0.29, 0.717) is 17.0 Å². The molecule has 92 valence electrons. The van der Waals surface area contributed by atoms with E-state index in [-0.39, 0.29) is 5.91 Å². The van der Waals surface area contributed by atoms with Crippen molar-refractivity contribution in [2.24, 2.45) is 0 Å². The monoisotopic (exact) mass is 245 g/mol. The molecule has 0 radical (unpaired) electrons. The third-order valence-corrected chi connectivity index (χ3v) is 2.45. The van der Waals surface area contributed by atoms with Crippen LogP contribution in [0.15, 0.2) is 48.5 Å². The van der Waals surface area contributed by atoms with Crippen LogP contribution >= 0.6 is 0 Å². The van der Waals surface area contributed by atoms with Crippen molar-refractivity contribution in [2.75, 3.05) is 12.4 Å². The highest BCUT2D eigenvalue weighted by Gasteiger charge is 2.10. The van der Waals surface area contributed by atoms with Gasteiger partial charge in [0, 0.05) is 11.6 Å². The first-order valence-electron chi connectivity index (χ1n) is 5.40. The van der Waals surface area contributed by atoms with E-state index in [1.807, 2.05) is 6.07 Å². The second-order valence-electron chi connectivity index (χ2n) is 3.66. The molecule has 0 aliphatic heterocycles. The van der Waals surface area contributed by atoms with Crippen LogP contribution in [0.4, 0.5) is 10.1 Å². The summed E-state index contributed by atoms with van der Waals surface area (Å²) in [4.78, 5) is 11.9. The Morgan fingerprint density at radius 2 is 1.89 bits per heavy atom. The number of halogens is 1. The van der Waals surface area contributed by atoms with Crippen LogP contribution in [0.3, 0.4) is 0 Å². The van der Waals surface area contributed by atoms with E-state index in [2.05, 4.69) is 5.32 Å². The Morgan fingerprint density at radius 1 is 1.17 bits per heavy atom. The summed E-state index contributed by atoms with van der Waals surface area (Å²) in [5.74, 6) is -0.320. The van der Waals surface area contributed by atoms with Gasteiger partial charge in [-0.1, -0.05) is 18.2 Å². The molecule has 3 nitrogen and oxygen atoms in total. The molecule has 0 heterocycles. The van der Waals surface area contributed by atoms with E-state index in [1.54, 1.807) is 24.3 Å². The van der Waals surface area contributed by atoms with E-state index >= 15 is 0 Å². The number of anilines is 1. The molecule has 18 heavy (non-hydrogen) atoms. The standard InChI is InChI=1S/C14H12FNO2/c1-18-13-8-7-11(15)9-12(13)16-14(17)10-5-3-2-4-6-10/h2-9H,1H3,(H,16,17). The summed E-state index contributed by atoms with van der Waals surface area (Å²) in [7, 11) is 1.46. The maximum Gasteiger partial charge on any atom is 0.255 e. The van der Waals surface area contributed by atoms with Crippen molar-refractivity contribution in [3.8, 4) is 5.75 Å². The quantitative estimate of drug-likeness (QED) is 0.902. The molecule has 4 heteroatoms. The molecule has 0 saturated carbocycles. The molecule has 2 rings (SSSR count). The maximum absolute atomic E-state index is 13.1. The summed E-state index contributed by atoms with van der Waals surface area (Å²) in [5.41, 5.74) is 0.815. The predicted octanol–water partition coefficient (Wildman–Crippen LogP) is 3.09. The van der Waals surface area contributed by atoms with Gasteiger partial charge in [0.25, 0.3) is 5.91 Å². The summed E-state index contributed by atoms with van der Waals surface area (Å²) in [5, 5.41) is 2.61. The second-order valence-corrected chi connectivity index (χ2v) is 3.66. The normalized spacial score (nSPS) is 9.89. The highest BCUT2D eigenvalue weighted by Crippen LogP contribution is 2.25. The number of amides is 1. The van der Waals surface area contributed by atoms with Gasteiger partial charge in [-0.05, 0) is 24.3 Å². The van der Waals surface area contributed by atoms with Crippen LogP contribution in [0.2, 0.25) is 0 Å². The highest BCUT2D eigenvalue weighted by molar-refractivity contribution is 6.04. The first-order chi connectivity index (χ1) is 8.70. The van der Waals surface area contributed by atoms with E-state index < -0.39 is 5.82 Å². The lowest BCUT2D eigenvalue weighted by Gasteiger charge is -2.10. The van der Waals surface area contributed by atoms with Crippen LogP contribution in [0.25, 0.3) is 0 Å². The number of nitrogens with one attached hydrogen (secondary N) is 1. The Balaban J connectivity index is 2.24. The number of rotatable bonds is 3. The minimum Gasteiger partial charge on any atom is -0.495 e. The van der Waals surface area contributed by atoms with Crippen LogP contribution < -0.4 is 10.1 Å². The summed E-state index contributed by atoms with van der Waals surface area (Å²) < 4.78 is 18.2. The van der Waals surface area contributed by atoms with Crippen LogP contribution in [0, 0.1) is 5.82 Å². The van der Waals surface area contributed by atoms with Crippen LogP contribution in [-0.2, 0) is 0 Å². The molecule has 2 aromatic rings. The molecule has 0 bridgehead atoms. The lowest BCUT2D eigenvalue weighted by Crippen LogP contribution is -2.12. The average molecular weight is 245 g/mol. The van der Waals surface area contributed by atoms with Crippen LogP contribution in [0.1, 0.15) is 10.4 Å².